The van der Waals surface area contributed by atoms with Crippen molar-refractivity contribution >= 4 is 21.4 Å². The van der Waals surface area contributed by atoms with Gasteiger partial charge >= 0.3 is 0 Å². The zero-order valence-corrected chi connectivity index (χ0v) is 22.5. The van der Waals surface area contributed by atoms with Crippen LogP contribution in [0.2, 0.25) is 5.02 Å². The van der Waals surface area contributed by atoms with Crippen molar-refractivity contribution < 1.29 is 22.6 Å². The summed E-state index contributed by atoms with van der Waals surface area (Å²) < 4.78 is 46.0. The first-order valence-corrected chi connectivity index (χ1v) is 13.7. The third kappa shape index (κ3) is 5.05. The first-order valence-electron chi connectivity index (χ1n) is 11.6. The summed E-state index contributed by atoms with van der Waals surface area (Å²) in [6.07, 6.45) is 3.56. The normalized spacial score (nSPS) is 19.7. The number of ether oxygens (including phenoxy) is 3. The highest BCUT2D eigenvalue weighted by Gasteiger charge is 2.36. The number of aromatic nitrogens is 5. The van der Waals surface area contributed by atoms with Crippen LogP contribution in [0.3, 0.4) is 0 Å². The topological polar surface area (TPSA) is 118 Å². The molecule has 1 fully saturated rings. The third-order valence-electron chi connectivity index (χ3n) is 6.74. The highest BCUT2D eigenvalue weighted by atomic mass is 35.5. The molecule has 0 unspecified atom stereocenters. The summed E-state index contributed by atoms with van der Waals surface area (Å²) in [6.45, 7) is 5.99. The van der Waals surface area contributed by atoms with E-state index in [2.05, 4.69) is 20.2 Å². The summed E-state index contributed by atoms with van der Waals surface area (Å²) in [7, 11) is -0.610. The maximum absolute atomic E-state index is 13.6. The zero-order chi connectivity index (χ0) is 26.0. The fourth-order valence-electron chi connectivity index (χ4n) is 4.42. The quantitative estimate of drug-likeness (QED) is 0.403. The maximum Gasteiger partial charge on any atom is 0.160 e. The Hall–Kier alpha value is -2.76. The Kier molecular flexibility index (Phi) is 7.82. The average Bonchev–Trinajstić information content (AvgIpc) is 3.47. The molecule has 1 aromatic carbocycles. The molecule has 0 spiro atoms. The average molecular weight is 536 g/mol. The van der Waals surface area contributed by atoms with Crippen molar-refractivity contribution in [1.82, 2.24) is 24.7 Å². The van der Waals surface area contributed by atoms with Gasteiger partial charge in [-0.15, -0.1) is 10.2 Å². The van der Waals surface area contributed by atoms with E-state index >= 15 is 0 Å². The predicted molar refractivity (Wildman–Crippen MR) is 135 cm³/mol. The molecule has 1 saturated heterocycles. The lowest BCUT2D eigenvalue weighted by Crippen LogP contribution is -2.28. The van der Waals surface area contributed by atoms with Crippen LogP contribution in [0, 0.1) is 0 Å². The summed E-state index contributed by atoms with van der Waals surface area (Å²) in [5.74, 6) is 1.42. The van der Waals surface area contributed by atoms with E-state index < -0.39 is 21.0 Å². The number of methoxy groups -OCH3 is 2. The molecule has 0 amide bonds. The molecule has 0 N–H and O–H groups in total. The van der Waals surface area contributed by atoms with Gasteiger partial charge in [-0.2, -0.15) is 0 Å². The van der Waals surface area contributed by atoms with E-state index in [-0.39, 0.29) is 23.6 Å². The minimum absolute atomic E-state index is 0.0672. The molecule has 0 saturated carbocycles. The molecule has 3 aromatic rings. The molecule has 10 nitrogen and oxygen atoms in total. The van der Waals surface area contributed by atoms with Crippen molar-refractivity contribution in [3.63, 3.8) is 0 Å². The molecule has 2 aromatic heterocycles. The lowest BCUT2D eigenvalue weighted by atomic mass is 10.0. The minimum Gasteiger partial charge on any atom is -0.494 e. The van der Waals surface area contributed by atoms with Crippen molar-refractivity contribution in [2.45, 2.75) is 56.1 Å². The van der Waals surface area contributed by atoms with Crippen molar-refractivity contribution in [3.8, 4) is 17.2 Å². The second kappa shape index (κ2) is 10.7. The summed E-state index contributed by atoms with van der Waals surface area (Å²) in [5, 5.41) is 8.40. The van der Waals surface area contributed by atoms with Crippen molar-refractivity contribution in [3.05, 3.63) is 53.1 Å². The molecule has 4 rings (SSSR count). The van der Waals surface area contributed by atoms with E-state index in [1.54, 1.807) is 50.8 Å². The molecular weight excluding hydrogens is 506 g/mol. The molecule has 0 bridgehead atoms. The molecular formula is C24H30ClN5O5S. The number of rotatable bonds is 9. The van der Waals surface area contributed by atoms with Crippen LogP contribution in [0.1, 0.15) is 56.5 Å². The fraction of sp³-hybridized carbons (Fsp3) is 0.500. The van der Waals surface area contributed by atoms with Crippen LogP contribution < -0.4 is 9.47 Å². The van der Waals surface area contributed by atoms with E-state index in [4.69, 9.17) is 25.8 Å². The molecule has 3 heterocycles. The van der Waals surface area contributed by atoms with E-state index in [0.717, 1.165) is 6.42 Å². The van der Waals surface area contributed by atoms with E-state index in [1.165, 1.54) is 12.4 Å². The number of para-hydroxylation sites is 1. The first kappa shape index (κ1) is 26.3. The molecule has 1 aliphatic rings. The Bertz CT molecular complexity index is 1290. The molecule has 36 heavy (non-hydrogen) atoms. The summed E-state index contributed by atoms with van der Waals surface area (Å²) in [4.78, 5) is 8.41. The molecule has 0 aliphatic carbocycles. The monoisotopic (exact) mass is 535 g/mol. The van der Waals surface area contributed by atoms with Crippen LogP contribution in [0.15, 0.2) is 30.6 Å². The molecule has 12 heteroatoms. The van der Waals surface area contributed by atoms with Crippen LogP contribution in [0.25, 0.3) is 5.69 Å². The highest BCUT2D eigenvalue weighted by molar-refractivity contribution is 7.91. The van der Waals surface area contributed by atoms with Gasteiger partial charge in [-0.3, -0.25) is 4.57 Å². The Morgan fingerprint density at radius 3 is 2.33 bits per heavy atom. The lowest BCUT2D eigenvalue weighted by Gasteiger charge is -2.22. The van der Waals surface area contributed by atoms with Gasteiger partial charge in [0.05, 0.1) is 30.6 Å². The van der Waals surface area contributed by atoms with Gasteiger partial charge in [0.15, 0.2) is 15.7 Å². The minimum atomic E-state index is -3.71. The second-order valence-electron chi connectivity index (χ2n) is 8.85. The van der Waals surface area contributed by atoms with Crippen LogP contribution in [-0.2, 0) is 20.3 Å². The van der Waals surface area contributed by atoms with Gasteiger partial charge in [-0.25, -0.2) is 18.4 Å². The van der Waals surface area contributed by atoms with Crippen molar-refractivity contribution in [2.24, 2.45) is 0 Å². The van der Waals surface area contributed by atoms with E-state index in [1.807, 2.05) is 6.92 Å². The number of nitrogens with zero attached hydrogens (tertiary/aromatic N) is 5. The van der Waals surface area contributed by atoms with Gasteiger partial charge in [0.2, 0.25) is 0 Å². The van der Waals surface area contributed by atoms with Crippen LogP contribution >= 0.6 is 11.6 Å². The number of sulfone groups is 1. The Balaban J connectivity index is 1.78. The van der Waals surface area contributed by atoms with E-state index in [0.29, 0.717) is 40.5 Å². The summed E-state index contributed by atoms with van der Waals surface area (Å²) in [5.41, 5.74) is 0.550. The lowest BCUT2D eigenvalue weighted by molar-refractivity contribution is 0.117. The standard InChI is InChI=1S/C24H30ClN5O5S/c1-14(23-26-11-17(25)12-27-23)16(3)36(31,32)13-21-28-29-24(18-9-10-35-15(18)2)30(21)22-19(33-4)7-6-8-20(22)34-5/h6-8,11-12,14-16,18H,9-10,13H2,1-5H3/t14-,15-,16-,18+/m0/s1. The second-order valence-corrected chi connectivity index (χ2v) is 11.6. The third-order valence-corrected chi connectivity index (χ3v) is 9.13. The van der Waals surface area contributed by atoms with Crippen molar-refractivity contribution in [2.75, 3.05) is 20.8 Å². The maximum atomic E-state index is 13.6. The molecule has 4 atom stereocenters. The SMILES string of the molecule is COc1cccc(OC)c1-n1c(CS(=O)(=O)[C@@H](C)[C@H](C)c2ncc(Cl)cn2)nnc1[C@@H]1CCO[C@H]1C. The Morgan fingerprint density at radius 1 is 1.14 bits per heavy atom. The first-order chi connectivity index (χ1) is 17.2. The van der Waals surface area contributed by atoms with Gasteiger partial charge in [0, 0.05) is 30.8 Å². The Labute approximate surface area is 215 Å². The largest absolute Gasteiger partial charge is 0.494 e. The van der Waals surface area contributed by atoms with Crippen LogP contribution in [0.5, 0.6) is 11.5 Å². The van der Waals surface area contributed by atoms with Crippen LogP contribution in [0.4, 0.5) is 0 Å². The van der Waals surface area contributed by atoms with E-state index in [9.17, 15) is 8.42 Å². The molecule has 1 aliphatic heterocycles. The van der Waals surface area contributed by atoms with Crippen LogP contribution in [-0.4, -0.2) is 65.3 Å². The highest BCUT2D eigenvalue weighted by Crippen LogP contribution is 2.39. The number of hydrogen-bond acceptors (Lipinski definition) is 9. The van der Waals surface area contributed by atoms with Crippen molar-refractivity contribution in [1.29, 1.82) is 0 Å². The van der Waals surface area contributed by atoms with Gasteiger partial charge in [-0.05, 0) is 32.4 Å². The number of hydrogen-bond donors (Lipinski definition) is 0. The summed E-state index contributed by atoms with van der Waals surface area (Å²) in [6, 6.07) is 5.38. The fourth-order valence-corrected chi connectivity index (χ4v) is 6.07. The van der Waals surface area contributed by atoms with Gasteiger partial charge in [0.1, 0.15) is 34.6 Å². The molecule has 0 radical (unpaired) electrons. The van der Waals surface area contributed by atoms with Gasteiger partial charge in [0.25, 0.3) is 0 Å². The smallest absolute Gasteiger partial charge is 0.160 e. The predicted octanol–water partition coefficient (Wildman–Crippen LogP) is 3.73. The number of benzene rings is 1. The zero-order valence-electron chi connectivity index (χ0n) is 20.9. The summed E-state index contributed by atoms with van der Waals surface area (Å²) >= 11 is 5.89. The Morgan fingerprint density at radius 2 is 1.78 bits per heavy atom. The van der Waals surface area contributed by atoms with Gasteiger partial charge < -0.3 is 14.2 Å². The van der Waals surface area contributed by atoms with Gasteiger partial charge in [-0.1, -0.05) is 24.6 Å². The number of halogens is 1. The molecule has 194 valence electrons.